The molecule has 4 rings (SSSR count). The van der Waals surface area contributed by atoms with Gasteiger partial charge in [0.1, 0.15) is 24.2 Å². The zero-order chi connectivity index (χ0) is 19.1. The van der Waals surface area contributed by atoms with E-state index in [1.165, 1.54) is 68.2 Å². The minimum Gasteiger partial charge on any atom is -1.00 e. The number of hydrogen-bond donors (Lipinski definition) is 0. The van der Waals surface area contributed by atoms with Gasteiger partial charge in [-0.05, 0) is 33.1 Å². The molecule has 158 valence electrons. The van der Waals surface area contributed by atoms with Gasteiger partial charge >= 0.3 is 0 Å². The topological polar surface area (TPSA) is 9.23 Å². The first-order chi connectivity index (χ1) is 13.0. The lowest BCUT2D eigenvalue weighted by atomic mass is 9.76. The van der Waals surface area contributed by atoms with E-state index in [1.54, 1.807) is 0 Å². The number of unbranched alkanes of at least 4 members (excludes halogenated alkanes) is 3. The Morgan fingerprint density at radius 2 is 1.82 bits per heavy atom. The van der Waals surface area contributed by atoms with Crippen LogP contribution in [0.4, 0.5) is 0 Å². The van der Waals surface area contributed by atoms with Crippen molar-refractivity contribution >= 4 is 0 Å². The van der Waals surface area contributed by atoms with Crippen LogP contribution in [0.25, 0.3) is 0 Å². The van der Waals surface area contributed by atoms with Crippen LogP contribution in [0.1, 0.15) is 71.8 Å². The highest BCUT2D eigenvalue weighted by Gasteiger charge is 2.76. The molecule has 2 nitrogen and oxygen atoms in total. The Labute approximate surface area is 183 Å². The van der Waals surface area contributed by atoms with Gasteiger partial charge in [-0.25, -0.2) is 0 Å². The summed E-state index contributed by atoms with van der Waals surface area (Å²) in [4.78, 5) is 0. The number of ether oxygens (including phenoxy) is 1. The normalized spacial score (nSPS) is 41.1. The third-order valence-electron chi connectivity index (χ3n) is 8.68. The van der Waals surface area contributed by atoms with Gasteiger partial charge in [-0.15, -0.1) is 0 Å². The lowest BCUT2D eigenvalue weighted by Crippen LogP contribution is -3.00. The molecule has 0 unspecified atom stereocenters. The summed E-state index contributed by atoms with van der Waals surface area (Å²) >= 11 is 0. The second-order valence-electron chi connectivity index (χ2n) is 10.3. The summed E-state index contributed by atoms with van der Waals surface area (Å²) in [7, 11) is 0. The Morgan fingerprint density at radius 1 is 1.07 bits per heavy atom. The third kappa shape index (κ3) is 3.40. The number of benzene rings is 1. The van der Waals surface area contributed by atoms with E-state index in [-0.39, 0.29) is 22.6 Å². The molecule has 2 aliphatic heterocycles. The molecule has 0 N–H and O–H groups in total. The molecule has 0 aromatic heterocycles. The largest absolute Gasteiger partial charge is 1.00 e. The highest BCUT2D eigenvalue weighted by Crippen LogP contribution is 2.65. The van der Waals surface area contributed by atoms with E-state index >= 15 is 0 Å². The van der Waals surface area contributed by atoms with Crippen LogP contribution in [0.15, 0.2) is 30.3 Å². The molecule has 3 aliphatic rings. The van der Waals surface area contributed by atoms with E-state index in [2.05, 4.69) is 58.0 Å². The third-order valence-corrected chi connectivity index (χ3v) is 8.68. The van der Waals surface area contributed by atoms with Crippen molar-refractivity contribution in [2.75, 3.05) is 19.7 Å². The standard InChI is InChI=1S/C25H40NO.BrH/c1-5-6-7-11-16-27-24(3)19-26(18-21-12-9-8-10-13-21)17-20(2)22-14-15-23(24)25(22,26)4;/h8-10,12-13,20,22-23H,5-7,11,14-19H2,1-4H3;1H/q+1;/p-1/t20-,22+,23-,24-,25-,26-;/m1./s1. The minimum atomic E-state index is 0. The lowest BCUT2D eigenvalue weighted by molar-refractivity contribution is -0.967. The monoisotopic (exact) mass is 449 g/mol. The summed E-state index contributed by atoms with van der Waals surface area (Å²) < 4.78 is 8.01. The molecule has 3 fully saturated rings. The van der Waals surface area contributed by atoms with Gasteiger partial charge in [0.2, 0.25) is 0 Å². The number of halogens is 1. The molecule has 0 spiro atoms. The first-order valence-corrected chi connectivity index (χ1v) is 11.5. The predicted molar refractivity (Wildman–Crippen MR) is 112 cm³/mol. The molecule has 0 radical (unpaired) electrons. The second kappa shape index (κ2) is 8.40. The maximum absolute atomic E-state index is 6.75. The van der Waals surface area contributed by atoms with E-state index in [9.17, 15) is 0 Å². The Hall–Kier alpha value is -0.380. The van der Waals surface area contributed by atoms with E-state index in [4.69, 9.17) is 4.74 Å². The summed E-state index contributed by atoms with van der Waals surface area (Å²) in [5.41, 5.74) is 1.96. The van der Waals surface area contributed by atoms with Crippen LogP contribution >= 0.6 is 0 Å². The van der Waals surface area contributed by atoms with Gasteiger partial charge in [-0.1, -0.05) is 63.4 Å². The maximum atomic E-state index is 6.75. The predicted octanol–water partition coefficient (Wildman–Crippen LogP) is 2.81. The Morgan fingerprint density at radius 3 is 2.54 bits per heavy atom. The molecule has 0 bridgehead atoms. The van der Waals surface area contributed by atoms with Gasteiger partial charge in [0.15, 0.2) is 0 Å². The molecule has 1 saturated carbocycles. The van der Waals surface area contributed by atoms with Gasteiger partial charge in [0.05, 0.1) is 6.54 Å². The Bertz CT molecular complexity index is 651. The fourth-order valence-electron chi connectivity index (χ4n) is 7.68. The first-order valence-electron chi connectivity index (χ1n) is 11.5. The Kier molecular flexibility index (Phi) is 6.69. The van der Waals surface area contributed by atoms with Gasteiger partial charge in [-0.2, -0.15) is 0 Å². The maximum Gasteiger partial charge on any atom is 0.123 e. The highest BCUT2D eigenvalue weighted by atomic mass is 79.9. The summed E-state index contributed by atoms with van der Waals surface area (Å²) in [6, 6.07) is 11.2. The zero-order valence-electron chi connectivity index (χ0n) is 18.4. The zero-order valence-corrected chi connectivity index (χ0v) is 20.0. The smallest absolute Gasteiger partial charge is 0.123 e. The van der Waals surface area contributed by atoms with Crippen molar-refractivity contribution < 1.29 is 26.2 Å². The summed E-state index contributed by atoms with van der Waals surface area (Å²) in [5.74, 6) is 2.43. The van der Waals surface area contributed by atoms with Crippen LogP contribution in [-0.4, -0.2) is 35.3 Å². The van der Waals surface area contributed by atoms with Crippen LogP contribution in [0.2, 0.25) is 0 Å². The molecular weight excluding hydrogens is 410 g/mol. The first kappa shape index (κ1) is 22.3. The quantitative estimate of drug-likeness (QED) is 0.437. The lowest BCUT2D eigenvalue weighted by Gasteiger charge is -2.43. The summed E-state index contributed by atoms with van der Waals surface area (Å²) in [6.07, 6.45) is 7.96. The number of hydrogen-bond acceptors (Lipinski definition) is 1. The van der Waals surface area contributed by atoms with Gasteiger partial charge < -0.3 is 26.2 Å². The minimum absolute atomic E-state index is 0. The molecule has 6 atom stereocenters. The van der Waals surface area contributed by atoms with Crippen LogP contribution in [0, 0.1) is 17.8 Å². The molecule has 1 aromatic carbocycles. The summed E-state index contributed by atoms with van der Waals surface area (Å²) in [6.45, 7) is 14.6. The average molecular weight is 451 g/mol. The Balaban J connectivity index is 0.00000225. The van der Waals surface area contributed by atoms with Crippen molar-refractivity contribution in [1.82, 2.24) is 0 Å². The van der Waals surface area contributed by atoms with Crippen molar-refractivity contribution in [1.29, 1.82) is 0 Å². The van der Waals surface area contributed by atoms with Crippen molar-refractivity contribution in [2.45, 2.75) is 83.9 Å². The van der Waals surface area contributed by atoms with E-state index in [1.807, 2.05) is 0 Å². The van der Waals surface area contributed by atoms with Crippen LogP contribution in [0.5, 0.6) is 0 Å². The average Bonchev–Trinajstić information content (AvgIpc) is 3.16. The van der Waals surface area contributed by atoms with Crippen molar-refractivity contribution in [2.24, 2.45) is 17.8 Å². The molecule has 1 aromatic rings. The fourth-order valence-corrected chi connectivity index (χ4v) is 7.68. The number of quaternary nitrogens is 1. The van der Waals surface area contributed by atoms with Crippen molar-refractivity contribution in [3.63, 3.8) is 0 Å². The molecule has 0 amide bonds. The molecular formula is C25H40BrNO. The molecule has 2 saturated heterocycles. The van der Waals surface area contributed by atoms with Crippen LogP contribution in [-0.2, 0) is 11.3 Å². The molecule has 2 heterocycles. The second-order valence-corrected chi connectivity index (χ2v) is 10.3. The van der Waals surface area contributed by atoms with Gasteiger partial charge in [0.25, 0.3) is 0 Å². The SMILES string of the molecule is CCCCCCO[C@]1(C)C[N@+]2(Cc3ccccc3)C[C@@H](C)[C@@H]3CC[C@H]1[C@@]32C.[Br-]. The van der Waals surface area contributed by atoms with Crippen molar-refractivity contribution in [3.05, 3.63) is 35.9 Å². The van der Waals surface area contributed by atoms with E-state index < -0.39 is 0 Å². The van der Waals surface area contributed by atoms with Crippen LogP contribution in [0.3, 0.4) is 0 Å². The van der Waals surface area contributed by atoms with E-state index in [0.29, 0.717) is 5.54 Å². The van der Waals surface area contributed by atoms with Gasteiger partial charge in [0, 0.05) is 29.9 Å². The van der Waals surface area contributed by atoms with Gasteiger partial charge in [-0.3, -0.25) is 0 Å². The number of rotatable bonds is 8. The highest BCUT2D eigenvalue weighted by molar-refractivity contribution is 5.18. The number of nitrogens with zero attached hydrogens (tertiary/aromatic N) is 1. The molecule has 1 aliphatic carbocycles. The molecule has 28 heavy (non-hydrogen) atoms. The van der Waals surface area contributed by atoms with E-state index in [0.717, 1.165) is 24.4 Å². The summed E-state index contributed by atoms with van der Waals surface area (Å²) in [5, 5.41) is 0. The molecule has 3 heteroatoms. The fraction of sp³-hybridized carbons (Fsp3) is 0.760. The van der Waals surface area contributed by atoms with Crippen LogP contribution < -0.4 is 17.0 Å². The van der Waals surface area contributed by atoms with Crippen molar-refractivity contribution in [3.8, 4) is 0 Å².